The molecule has 128 valence electrons. The molecule has 1 aromatic rings. The molecule has 6 heteroatoms. The molecule has 2 fully saturated rings. The fourth-order valence-corrected chi connectivity index (χ4v) is 3.87. The molecule has 0 spiro atoms. The molecule has 23 heavy (non-hydrogen) atoms. The fraction of sp³-hybridized carbons (Fsp3) is 0.765. The molecular weight excluding hydrogens is 292 g/mol. The number of piperidine rings is 1. The van der Waals surface area contributed by atoms with Gasteiger partial charge < -0.3 is 9.64 Å². The van der Waals surface area contributed by atoms with E-state index in [0.29, 0.717) is 19.0 Å². The van der Waals surface area contributed by atoms with E-state index in [1.165, 1.54) is 5.69 Å². The highest BCUT2D eigenvalue weighted by molar-refractivity contribution is 5.81. The summed E-state index contributed by atoms with van der Waals surface area (Å²) in [6.07, 6.45) is 4.22. The Morgan fingerprint density at radius 3 is 2.52 bits per heavy atom. The Bertz CT molecular complexity index is 501. The second-order valence-corrected chi connectivity index (χ2v) is 7.00. The summed E-state index contributed by atoms with van der Waals surface area (Å²) in [5, 5.41) is 7.12. The van der Waals surface area contributed by atoms with Gasteiger partial charge in [0.15, 0.2) is 0 Å². The van der Waals surface area contributed by atoms with E-state index in [-0.39, 0.29) is 24.2 Å². The largest absolute Gasteiger partial charge is 0.372 e. The summed E-state index contributed by atoms with van der Waals surface area (Å²) in [6.45, 7) is 9.46. The van der Waals surface area contributed by atoms with Crippen molar-refractivity contribution >= 4 is 5.91 Å². The first kappa shape index (κ1) is 16.5. The SMILES string of the molecule is C[C@@H]1CN(C(=O)[C@@H](C)N2CCC(c3ccn[nH]3)CC2)C[C@@H](C)O1. The predicted molar refractivity (Wildman–Crippen MR) is 88.2 cm³/mol. The topological polar surface area (TPSA) is 61.5 Å². The average molecular weight is 320 g/mol. The first-order valence-corrected chi connectivity index (χ1v) is 8.72. The number of aromatic amines is 1. The van der Waals surface area contributed by atoms with Gasteiger partial charge in [-0.05, 0) is 52.8 Å². The van der Waals surface area contributed by atoms with E-state index in [1.54, 1.807) is 0 Å². The lowest BCUT2D eigenvalue weighted by atomic mass is 9.93. The second kappa shape index (κ2) is 7.01. The third-order valence-electron chi connectivity index (χ3n) is 5.13. The summed E-state index contributed by atoms with van der Waals surface area (Å²) in [5.41, 5.74) is 1.22. The Labute approximate surface area is 138 Å². The van der Waals surface area contributed by atoms with Crippen LogP contribution < -0.4 is 0 Å². The number of amides is 1. The summed E-state index contributed by atoms with van der Waals surface area (Å²) in [7, 11) is 0. The first-order chi connectivity index (χ1) is 11.0. The highest BCUT2D eigenvalue weighted by atomic mass is 16.5. The van der Waals surface area contributed by atoms with Gasteiger partial charge in [-0.25, -0.2) is 0 Å². The fourth-order valence-electron chi connectivity index (χ4n) is 3.87. The lowest BCUT2D eigenvalue weighted by Gasteiger charge is -2.40. The van der Waals surface area contributed by atoms with E-state index in [2.05, 4.69) is 21.2 Å². The zero-order valence-corrected chi connectivity index (χ0v) is 14.4. The summed E-state index contributed by atoms with van der Waals surface area (Å²) in [4.78, 5) is 17.1. The Balaban J connectivity index is 1.54. The molecule has 0 aliphatic carbocycles. The van der Waals surface area contributed by atoms with Crippen molar-refractivity contribution in [3.8, 4) is 0 Å². The number of hydrogen-bond donors (Lipinski definition) is 1. The maximum atomic E-state index is 12.8. The number of aromatic nitrogens is 2. The summed E-state index contributed by atoms with van der Waals surface area (Å²) < 4.78 is 5.73. The van der Waals surface area contributed by atoms with Crippen molar-refractivity contribution < 1.29 is 9.53 Å². The molecule has 1 N–H and O–H groups in total. The smallest absolute Gasteiger partial charge is 0.239 e. The van der Waals surface area contributed by atoms with E-state index in [4.69, 9.17) is 4.74 Å². The van der Waals surface area contributed by atoms with E-state index in [9.17, 15) is 4.79 Å². The molecule has 1 amide bonds. The Morgan fingerprint density at radius 2 is 1.96 bits per heavy atom. The molecule has 0 aromatic carbocycles. The van der Waals surface area contributed by atoms with Crippen LogP contribution in [0.15, 0.2) is 12.3 Å². The van der Waals surface area contributed by atoms with Gasteiger partial charge in [0.2, 0.25) is 5.91 Å². The molecule has 0 unspecified atom stereocenters. The van der Waals surface area contributed by atoms with Crippen LogP contribution in [0.5, 0.6) is 0 Å². The van der Waals surface area contributed by atoms with Crippen molar-refractivity contribution in [1.82, 2.24) is 20.0 Å². The van der Waals surface area contributed by atoms with Gasteiger partial charge in [-0.15, -0.1) is 0 Å². The van der Waals surface area contributed by atoms with Gasteiger partial charge >= 0.3 is 0 Å². The maximum absolute atomic E-state index is 12.8. The zero-order valence-electron chi connectivity index (χ0n) is 14.4. The Morgan fingerprint density at radius 1 is 1.30 bits per heavy atom. The molecule has 2 saturated heterocycles. The van der Waals surface area contributed by atoms with Crippen molar-refractivity contribution in [2.45, 2.75) is 57.8 Å². The molecule has 2 aliphatic rings. The Kier molecular flexibility index (Phi) is 5.02. The minimum Gasteiger partial charge on any atom is -0.372 e. The van der Waals surface area contributed by atoms with E-state index < -0.39 is 0 Å². The van der Waals surface area contributed by atoms with Crippen molar-refractivity contribution in [2.24, 2.45) is 0 Å². The number of ether oxygens (including phenoxy) is 1. The first-order valence-electron chi connectivity index (χ1n) is 8.72. The summed E-state index contributed by atoms with van der Waals surface area (Å²) in [6, 6.07) is 2.01. The number of nitrogens with one attached hydrogen (secondary N) is 1. The summed E-state index contributed by atoms with van der Waals surface area (Å²) in [5.74, 6) is 0.784. The molecular formula is C17H28N4O2. The van der Waals surface area contributed by atoms with Crippen LogP contribution in [-0.4, -0.2) is 70.3 Å². The van der Waals surface area contributed by atoms with Gasteiger partial charge in [-0.1, -0.05) is 0 Å². The summed E-state index contributed by atoms with van der Waals surface area (Å²) >= 11 is 0. The highest BCUT2D eigenvalue weighted by Crippen LogP contribution is 2.27. The van der Waals surface area contributed by atoms with Crippen LogP contribution >= 0.6 is 0 Å². The lowest BCUT2D eigenvalue weighted by Crippen LogP contribution is -2.55. The average Bonchev–Trinajstić information content (AvgIpc) is 3.07. The van der Waals surface area contributed by atoms with E-state index >= 15 is 0 Å². The molecule has 0 saturated carbocycles. The number of nitrogens with zero attached hydrogens (tertiary/aromatic N) is 3. The van der Waals surface area contributed by atoms with Crippen LogP contribution in [-0.2, 0) is 9.53 Å². The van der Waals surface area contributed by atoms with Gasteiger partial charge in [0.05, 0.1) is 18.2 Å². The molecule has 3 atom stereocenters. The van der Waals surface area contributed by atoms with Gasteiger partial charge in [-0.2, -0.15) is 5.10 Å². The minimum atomic E-state index is -0.0461. The van der Waals surface area contributed by atoms with Crippen LogP contribution in [0.25, 0.3) is 0 Å². The number of likely N-dealkylation sites (tertiary alicyclic amines) is 1. The normalized spacial score (nSPS) is 28.7. The third-order valence-corrected chi connectivity index (χ3v) is 5.13. The van der Waals surface area contributed by atoms with Crippen LogP contribution in [0.1, 0.15) is 45.2 Å². The van der Waals surface area contributed by atoms with Crippen molar-refractivity contribution in [3.63, 3.8) is 0 Å². The molecule has 1 aromatic heterocycles. The van der Waals surface area contributed by atoms with E-state index in [1.807, 2.05) is 31.9 Å². The quantitative estimate of drug-likeness (QED) is 0.919. The van der Waals surface area contributed by atoms with Crippen molar-refractivity contribution in [2.75, 3.05) is 26.2 Å². The van der Waals surface area contributed by atoms with Crippen molar-refractivity contribution in [3.05, 3.63) is 18.0 Å². The maximum Gasteiger partial charge on any atom is 0.239 e. The molecule has 3 heterocycles. The molecule has 0 radical (unpaired) electrons. The van der Waals surface area contributed by atoms with Gasteiger partial charge in [0.25, 0.3) is 0 Å². The van der Waals surface area contributed by atoms with Crippen LogP contribution in [0.4, 0.5) is 0 Å². The number of rotatable bonds is 3. The number of hydrogen-bond acceptors (Lipinski definition) is 4. The predicted octanol–water partition coefficient (Wildman–Crippen LogP) is 1.61. The van der Waals surface area contributed by atoms with Crippen LogP contribution in [0, 0.1) is 0 Å². The molecule has 0 bridgehead atoms. The lowest BCUT2D eigenvalue weighted by molar-refractivity contribution is -0.148. The van der Waals surface area contributed by atoms with Crippen LogP contribution in [0.2, 0.25) is 0 Å². The second-order valence-electron chi connectivity index (χ2n) is 7.00. The highest BCUT2D eigenvalue weighted by Gasteiger charge is 2.33. The van der Waals surface area contributed by atoms with Crippen molar-refractivity contribution in [1.29, 1.82) is 0 Å². The van der Waals surface area contributed by atoms with Gasteiger partial charge in [-0.3, -0.25) is 14.8 Å². The third kappa shape index (κ3) is 3.75. The van der Waals surface area contributed by atoms with E-state index in [0.717, 1.165) is 25.9 Å². The molecule has 2 aliphatic heterocycles. The van der Waals surface area contributed by atoms with Crippen LogP contribution in [0.3, 0.4) is 0 Å². The number of carbonyl (C=O) groups is 1. The minimum absolute atomic E-state index is 0.0461. The number of morpholine rings is 1. The molecule has 3 rings (SSSR count). The van der Waals surface area contributed by atoms with Gasteiger partial charge in [0, 0.05) is 30.9 Å². The number of H-pyrrole nitrogens is 1. The molecule has 6 nitrogen and oxygen atoms in total. The Hall–Kier alpha value is -1.40. The standard InChI is InChI=1S/C17H28N4O2/c1-12-10-21(11-13(2)23-12)17(22)14(3)20-8-5-15(6-9-20)16-4-7-18-19-16/h4,7,12-15H,5-6,8-11H2,1-3H3,(H,18,19)/t12-,13-,14-/m1/s1. The monoisotopic (exact) mass is 320 g/mol. The zero-order chi connectivity index (χ0) is 16.4. The number of carbonyl (C=O) groups excluding carboxylic acids is 1. The van der Waals surface area contributed by atoms with Gasteiger partial charge in [0.1, 0.15) is 0 Å².